The lowest BCUT2D eigenvalue weighted by Crippen LogP contribution is -2.32. The zero-order chi connectivity index (χ0) is 9.23. The van der Waals surface area contributed by atoms with Crippen molar-refractivity contribution in [3.05, 3.63) is 0 Å². The van der Waals surface area contributed by atoms with Gasteiger partial charge >= 0.3 is 0 Å². The Morgan fingerprint density at radius 1 is 1.25 bits per heavy atom. The molecule has 1 atom stereocenters. The second-order valence-electron chi connectivity index (χ2n) is 3.01. The predicted octanol–water partition coefficient (Wildman–Crippen LogP) is -0.443. The molecule has 0 aliphatic carbocycles. The van der Waals surface area contributed by atoms with Gasteiger partial charge in [-0.15, -0.1) is 0 Å². The van der Waals surface area contributed by atoms with Crippen molar-refractivity contribution in [3.63, 3.8) is 0 Å². The van der Waals surface area contributed by atoms with Gasteiger partial charge in [0.1, 0.15) is 0 Å². The molecule has 0 heterocycles. The van der Waals surface area contributed by atoms with E-state index in [9.17, 15) is 0 Å². The van der Waals surface area contributed by atoms with Crippen LogP contribution in [-0.4, -0.2) is 25.7 Å². The average molecular weight is 174 g/mol. The quantitative estimate of drug-likeness (QED) is 0.228. The van der Waals surface area contributed by atoms with E-state index >= 15 is 0 Å². The van der Waals surface area contributed by atoms with Crippen LogP contribution >= 0.6 is 0 Å². The highest BCUT2D eigenvalue weighted by Gasteiger charge is 1.96. The van der Waals surface area contributed by atoms with Crippen LogP contribution in [0.1, 0.15) is 26.2 Å². The van der Waals surface area contributed by atoms with Gasteiger partial charge in [-0.1, -0.05) is 6.92 Å². The summed E-state index contributed by atoms with van der Waals surface area (Å²) in [5.41, 5.74) is 8.35. The minimum Gasteiger partial charge on any atom is -0.328 e. The van der Waals surface area contributed by atoms with Crippen molar-refractivity contribution < 1.29 is 0 Å². The van der Waals surface area contributed by atoms with Gasteiger partial charge in [-0.2, -0.15) is 0 Å². The SMILES string of the molecule is CCC(N)CCCNCCNN. The molecule has 0 aliphatic rings. The van der Waals surface area contributed by atoms with Gasteiger partial charge in [0.2, 0.25) is 0 Å². The minimum absolute atomic E-state index is 0.374. The summed E-state index contributed by atoms with van der Waals surface area (Å²) in [5, 5.41) is 3.27. The predicted molar refractivity (Wildman–Crippen MR) is 52.6 cm³/mol. The van der Waals surface area contributed by atoms with E-state index in [4.69, 9.17) is 11.6 Å². The molecule has 0 amide bonds. The fourth-order valence-corrected chi connectivity index (χ4v) is 0.979. The van der Waals surface area contributed by atoms with Gasteiger partial charge in [-0.05, 0) is 25.8 Å². The van der Waals surface area contributed by atoms with E-state index in [1.165, 1.54) is 0 Å². The Hall–Kier alpha value is -0.160. The highest BCUT2D eigenvalue weighted by Crippen LogP contribution is 1.96. The minimum atomic E-state index is 0.374. The normalized spacial score (nSPS) is 13.2. The van der Waals surface area contributed by atoms with Crippen molar-refractivity contribution in [3.8, 4) is 0 Å². The molecular weight excluding hydrogens is 152 g/mol. The van der Waals surface area contributed by atoms with Crippen molar-refractivity contribution in [1.82, 2.24) is 10.7 Å². The average Bonchev–Trinajstić information content (AvgIpc) is 2.10. The van der Waals surface area contributed by atoms with E-state index in [0.717, 1.165) is 38.9 Å². The molecule has 12 heavy (non-hydrogen) atoms. The van der Waals surface area contributed by atoms with Gasteiger partial charge in [0.15, 0.2) is 0 Å². The fraction of sp³-hybridized carbons (Fsp3) is 1.00. The van der Waals surface area contributed by atoms with E-state index in [-0.39, 0.29) is 0 Å². The number of hydrogen-bond acceptors (Lipinski definition) is 4. The number of rotatable bonds is 8. The molecule has 0 bridgehead atoms. The molecule has 0 saturated carbocycles. The fourth-order valence-electron chi connectivity index (χ4n) is 0.979. The highest BCUT2D eigenvalue weighted by atomic mass is 15.2. The first-order valence-electron chi connectivity index (χ1n) is 4.71. The van der Waals surface area contributed by atoms with Crippen LogP contribution in [0.4, 0.5) is 0 Å². The second-order valence-corrected chi connectivity index (χ2v) is 3.01. The molecule has 0 spiro atoms. The topological polar surface area (TPSA) is 76.1 Å². The van der Waals surface area contributed by atoms with Gasteiger partial charge in [-0.25, -0.2) is 0 Å². The number of hydrazine groups is 1. The Morgan fingerprint density at radius 2 is 2.00 bits per heavy atom. The lowest BCUT2D eigenvalue weighted by molar-refractivity contribution is 0.534. The molecule has 74 valence electrons. The van der Waals surface area contributed by atoms with E-state index in [1.54, 1.807) is 0 Å². The molecule has 0 radical (unpaired) electrons. The molecule has 0 aliphatic heterocycles. The molecule has 4 nitrogen and oxygen atoms in total. The van der Waals surface area contributed by atoms with Crippen LogP contribution in [-0.2, 0) is 0 Å². The molecule has 0 aromatic rings. The third-order valence-electron chi connectivity index (χ3n) is 1.90. The smallest absolute Gasteiger partial charge is 0.0223 e. The van der Waals surface area contributed by atoms with Crippen molar-refractivity contribution in [2.45, 2.75) is 32.2 Å². The first-order chi connectivity index (χ1) is 5.81. The summed E-state index contributed by atoms with van der Waals surface area (Å²) in [6, 6.07) is 0.374. The molecule has 6 N–H and O–H groups in total. The molecule has 0 fully saturated rings. The van der Waals surface area contributed by atoms with Crippen LogP contribution in [0.3, 0.4) is 0 Å². The first-order valence-corrected chi connectivity index (χ1v) is 4.71. The molecule has 1 unspecified atom stereocenters. The first kappa shape index (κ1) is 11.8. The van der Waals surface area contributed by atoms with Crippen LogP contribution in [0.5, 0.6) is 0 Å². The lowest BCUT2D eigenvalue weighted by atomic mass is 10.1. The summed E-state index contributed by atoms with van der Waals surface area (Å²) >= 11 is 0. The number of nitrogens with two attached hydrogens (primary N) is 2. The van der Waals surface area contributed by atoms with Gasteiger partial charge in [0.25, 0.3) is 0 Å². The van der Waals surface area contributed by atoms with Gasteiger partial charge in [-0.3, -0.25) is 11.3 Å². The van der Waals surface area contributed by atoms with Gasteiger partial charge in [0, 0.05) is 19.1 Å². The largest absolute Gasteiger partial charge is 0.328 e. The summed E-state index contributed by atoms with van der Waals surface area (Å²) in [7, 11) is 0. The lowest BCUT2D eigenvalue weighted by Gasteiger charge is -2.08. The molecule has 0 saturated heterocycles. The summed E-state index contributed by atoms with van der Waals surface area (Å²) in [4.78, 5) is 0. The van der Waals surface area contributed by atoms with E-state index in [1.807, 2.05) is 0 Å². The zero-order valence-corrected chi connectivity index (χ0v) is 7.97. The van der Waals surface area contributed by atoms with E-state index in [2.05, 4.69) is 17.7 Å². The Bertz CT molecular complexity index is 87.1. The van der Waals surface area contributed by atoms with Crippen LogP contribution in [0, 0.1) is 0 Å². The maximum Gasteiger partial charge on any atom is 0.0223 e. The zero-order valence-electron chi connectivity index (χ0n) is 7.97. The summed E-state index contributed by atoms with van der Waals surface area (Å²) in [6.45, 7) is 4.91. The summed E-state index contributed by atoms with van der Waals surface area (Å²) in [5.74, 6) is 5.10. The monoisotopic (exact) mass is 174 g/mol. The molecule has 0 aromatic heterocycles. The summed E-state index contributed by atoms with van der Waals surface area (Å²) < 4.78 is 0. The van der Waals surface area contributed by atoms with Crippen LogP contribution < -0.4 is 22.3 Å². The Balaban J connectivity index is 2.90. The van der Waals surface area contributed by atoms with E-state index < -0.39 is 0 Å². The van der Waals surface area contributed by atoms with Crippen molar-refractivity contribution in [2.24, 2.45) is 11.6 Å². The van der Waals surface area contributed by atoms with Crippen LogP contribution in [0.25, 0.3) is 0 Å². The Labute approximate surface area is 75.0 Å². The maximum atomic E-state index is 5.75. The van der Waals surface area contributed by atoms with Crippen LogP contribution in [0.15, 0.2) is 0 Å². The summed E-state index contributed by atoms with van der Waals surface area (Å²) in [6.07, 6.45) is 3.34. The van der Waals surface area contributed by atoms with E-state index in [0.29, 0.717) is 6.04 Å². The third-order valence-corrected chi connectivity index (χ3v) is 1.90. The second kappa shape index (κ2) is 8.93. The molecule has 4 heteroatoms. The molecular formula is C8H22N4. The molecule has 0 rings (SSSR count). The number of nitrogens with one attached hydrogen (secondary N) is 2. The highest BCUT2D eigenvalue weighted by molar-refractivity contribution is 4.59. The van der Waals surface area contributed by atoms with Crippen molar-refractivity contribution in [2.75, 3.05) is 19.6 Å². The van der Waals surface area contributed by atoms with Crippen LogP contribution in [0.2, 0.25) is 0 Å². The Morgan fingerprint density at radius 3 is 2.58 bits per heavy atom. The number of hydrogen-bond donors (Lipinski definition) is 4. The molecule has 0 aromatic carbocycles. The van der Waals surface area contributed by atoms with Crippen molar-refractivity contribution in [1.29, 1.82) is 0 Å². The Kier molecular flexibility index (Phi) is 8.81. The standard InChI is InChI=1S/C8H22N4/c1-2-8(9)4-3-5-11-6-7-12-10/h8,11-12H,2-7,9-10H2,1H3. The third kappa shape index (κ3) is 7.94. The van der Waals surface area contributed by atoms with Gasteiger partial charge < -0.3 is 11.1 Å². The maximum absolute atomic E-state index is 5.75. The van der Waals surface area contributed by atoms with Crippen molar-refractivity contribution >= 4 is 0 Å². The van der Waals surface area contributed by atoms with Gasteiger partial charge in [0.05, 0.1) is 0 Å².